The van der Waals surface area contributed by atoms with Gasteiger partial charge in [-0.1, -0.05) is 0 Å². The van der Waals surface area contributed by atoms with Gasteiger partial charge in [0.1, 0.15) is 17.7 Å². The summed E-state index contributed by atoms with van der Waals surface area (Å²) < 4.78 is 7.51. The number of aromatic nitrogens is 5. The molecule has 0 aliphatic carbocycles. The average Bonchev–Trinajstić information content (AvgIpc) is 3.29. The van der Waals surface area contributed by atoms with E-state index >= 15 is 0 Å². The smallest absolute Gasteiger partial charge is 0.226 e. The van der Waals surface area contributed by atoms with Crippen LogP contribution in [0.4, 0.5) is 17.6 Å². The molecule has 0 spiro atoms. The van der Waals surface area contributed by atoms with Crippen molar-refractivity contribution in [2.24, 2.45) is 0 Å². The number of methoxy groups -OCH3 is 1. The SMILES string of the molecule is CO[C@@H]1CN(c2ccnc(N(C)C)n2)C[C@@H]1Nc1ncnn2cccc12. The molecular formula is C17H22N8O. The van der Waals surface area contributed by atoms with Crippen molar-refractivity contribution in [3.8, 4) is 0 Å². The summed E-state index contributed by atoms with van der Waals surface area (Å²) in [7, 11) is 5.60. The standard InChI is InChI=1S/C17H22N8O/c1-23(2)17-18-7-6-15(22-17)24-9-12(14(10-24)26-3)21-16-13-5-4-8-25(13)20-11-19-16/h4-8,11-12,14H,9-10H2,1-3H3,(H,19,20,21)/t12-,14+/m0/s1. The highest BCUT2D eigenvalue weighted by Crippen LogP contribution is 2.24. The molecule has 9 heteroatoms. The molecule has 26 heavy (non-hydrogen) atoms. The molecule has 1 fully saturated rings. The molecular weight excluding hydrogens is 332 g/mol. The zero-order chi connectivity index (χ0) is 18.1. The van der Waals surface area contributed by atoms with E-state index in [1.165, 1.54) is 0 Å². The van der Waals surface area contributed by atoms with E-state index in [2.05, 4.69) is 30.3 Å². The lowest BCUT2D eigenvalue weighted by Crippen LogP contribution is -2.34. The van der Waals surface area contributed by atoms with Crippen molar-refractivity contribution < 1.29 is 4.74 Å². The number of fused-ring (bicyclic) bond motifs is 1. The lowest BCUT2D eigenvalue weighted by atomic mass is 10.2. The maximum atomic E-state index is 5.71. The van der Waals surface area contributed by atoms with Crippen molar-refractivity contribution in [1.82, 2.24) is 24.6 Å². The van der Waals surface area contributed by atoms with Crippen LogP contribution in [0.5, 0.6) is 0 Å². The molecule has 0 radical (unpaired) electrons. The van der Waals surface area contributed by atoms with Gasteiger partial charge in [0.2, 0.25) is 5.95 Å². The van der Waals surface area contributed by atoms with Crippen LogP contribution in [0.1, 0.15) is 0 Å². The predicted octanol–water partition coefficient (Wildman–Crippen LogP) is 0.901. The number of rotatable bonds is 5. The second-order valence-electron chi connectivity index (χ2n) is 6.49. The second kappa shape index (κ2) is 6.75. The molecule has 2 atom stereocenters. The van der Waals surface area contributed by atoms with Crippen molar-refractivity contribution in [3.05, 3.63) is 36.9 Å². The fourth-order valence-corrected chi connectivity index (χ4v) is 3.22. The van der Waals surface area contributed by atoms with Crippen LogP contribution in [-0.4, -0.2) is 71.0 Å². The lowest BCUT2D eigenvalue weighted by molar-refractivity contribution is 0.113. The van der Waals surface area contributed by atoms with E-state index < -0.39 is 0 Å². The summed E-state index contributed by atoms with van der Waals surface area (Å²) >= 11 is 0. The van der Waals surface area contributed by atoms with Gasteiger partial charge < -0.3 is 19.9 Å². The van der Waals surface area contributed by atoms with Crippen LogP contribution in [0.25, 0.3) is 5.52 Å². The maximum Gasteiger partial charge on any atom is 0.226 e. The van der Waals surface area contributed by atoms with Crippen LogP contribution in [0, 0.1) is 0 Å². The molecule has 1 aliphatic heterocycles. The molecule has 3 aromatic heterocycles. The van der Waals surface area contributed by atoms with Crippen molar-refractivity contribution >= 4 is 23.1 Å². The highest BCUT2D eigenvalue weighted by Gasteiger charge is 2.34. The van der Waals surface area contributed by atoms with Crippen LogP contribution in [0.15, 0.2) is 36.9 Å². The van der Waals surface area contributed by atoms with Gasteiger partial charge in [-0.05, 0) is 18.2 Å². The molecule has 0 aromatic carbocycles. The molecule has 1 saturated heterocycles. The Hall–Kier alpha value is -2.94. The third kappa shape index (κ3) is 3.01. The first kappa shape index (κ1) is 16.5. The Balaban J connectivity index is 1.56. The highest BCUT2D eigenvalue weighted by molar-refractivity contribution is 5.67. The molecule has 0 unspecified atom stereocenters. The summed E-state index contributed by atoms with van der Waals surface area (Å²) in [4.78, 5) is 17.4. The minimum atomic E-state index is 0.0257. The normalized spacial score (nSPS) is 19.9. The van der Waals surface area contributed by atoms with Crippen molar-refractivity contribution in [2.45, 2.75) is 12.1 Å². The van der Waals surface area contributed by atoms with Gasteiger partial charge in [0.05, 0.1) is 12.1 Å². The summed E-state index contributed by atoms with van der Waals surface area (Å²) in [6.07, 6.45) is 5.27. The van der Waals surface area contributed by atoms with Gasteiger partial charge in [-0.15, -0.1) is 0 Å². The van der Waals surface area contributed by atoms with E-state index in [9.17, 15) is 0 Å². The topological polar surface area (TPSA) is 83.7 Å². The summed E-state index contributed by atoms with van der Waals surface area (Å²) in [5.41, 5.74) is 0.942. The van der Waals surface area contributed by atoms with E-state index in [4.69, 9.17) is 4.74 Å². The van der Waals surface area contributed by atoms with Crippen LogP contribution >= 0.6 is 0 Å². The molecule has 0 amide bonds. The molecule has 9 nitrogen and oxygen atoms in total. The van der Waals surface area contributed by atoms with E-state index in [-0.39, 0.29) is 12.1 Å². The van der Waals surface area contributed by atoms with Gasteiger partial charge >= 0.3 is 0 Å². The lowest BCUT2D eigenvalue weighted by Gasteiger charge is -2.19. The number of anilines is 3. The third-order valence-electron chi connectivity index (χ3n) is 4.58. The Morgan fingerprint density at radius 1 is 1.23 bits per heavy atom. The summed E-state index contributed by atoms with van der Waals surface area (Å²) in [5.74, 6) is 2.39. The average molecular weight is 354 g/mol. The number of hydrogen-bond donors (Lipinski definition) is 1. The van der Waals surface area contributed by atoms with E-state index in [0.717, 1.165) is 30.2 Å². The van der Waals surface area contributed by atoms with Crippen LogP contribution < -0.4 is 15.1 Å². The predicted molar refractivity (Wildman–Crippen MR) is 99.8 cm³/mol. The van der Waals surface area contributed by atoms with Crippen LogP contribution in [-0.2, 0) is 4.74 Å². The molecule has 136 valence electrons. The van der Waals surface area contributed by atoms with Crippen molar-refractivity contribution in [3.63, 3.8) is 0 Å². The first-order chi connectivity index (χ1) is 12.7. The molecule has 0 saturated carbocycles. The monoisotopic (exact) mass is 354 g/mol. The Bertz CT molecular complexity index is 895. The summed E-state index contributed by atoms with van der Waals surface area (Å²) in [5, 5.41) is 7.72. The van der Waals surface area contributed by atoms with Gasteiger partial charge in [-0.3, -0.25) is 0 Å². The summed E-state index contributed by atoms with van der Waals surface area (Å²) in [6.45, 7) is 1.51. The molecule has 0 bridgehead atoms. The largest absolute Gasteiger partial charge is 0.377 e. The van der Waals surface area contributed by atoms with Gasteiger partial charge in [0, 0.05) is 46.7 Å². The molecule has 4 heterocycles. The van der Waals surface area contributed by atoms with Gasteiger partial charge in [-0.25, -0.2) is 14.5 Å². The fourth-order valence-electron chi connectivity index (χ4n) is 3.22. The van der Waals surface area contributed by atoms with Crippen molar-refractivity contribution in [1.29, 1.82) is 0 Å². The van der Waals surface area contributed by atoms with E-state index in [1.807, 2.05) is 43.4 Å². The summed E-state index contributed by atoms with van der Waals surface area (Å²) in [6, 6.07) is 5.96. The fraction of sp³-hybridized carbons (Fsp3) is 0.412. The van der Waals surface area contributed by atoms with E-state index in [0.29, 0.717) is 5.95 Å². The van der Waals surface area contributed by atoms with Gasteiger partial charge in [0.25, 0.3) is 0 Å². The zero-order valence-corrected chi connectivity index (χ0v) is 15.1. The number of nitrogens with zero attached hydrogens (tertiary/aromatic N) is 7. The Kier molecular flexibility index (Phi) is 4.29. The van der Waals surface area contributed by atoms with E-state index in [1.54, 1.807) is 24.1 Å². The third-order valence-corrected chi connectivity index (χ3v) is 4.58. The number of nitrogens with one attached hydrogen (secondary N) is 1. The molecule has 4 rings (SSSR count). The van der Waals surface area contributed by atoms with Gasteiger partial charge in [0.15, 0.2) is 5.82 Å². The molecule has 1 N–H and O–H groups in total. The number of ether oxygens (including phenoxy) is 1. The minimum absolute atomic E-state index is 0.0257. The molecule has 3 aromatic rings. The Morgan fingerprint density at radius 3 is 2.92 bits per heavy atom. The first-order valence-electron chi connectivity index (χ1n) is 8.48. The molecule has 1 aliphatic rings. The zero-order valence-electron chi connectivity index (χ0n) is 15.1. The maximum absolute atomic E-state index is 5.71. The Morgan fingerprint density at radius 2 is 2.12 bits per heavy atom. The number of hydrogen-bond acceptors (Lipinski definition) is 8. The highest BCUT2D eigenvalue weighted by atomic mass is 16.5. The first-order valence-corrected chi connectivity index (χ1v) is 8.48. The second-order valence-corrected chi connectivity index (χ2v) is 6.49. The minimum Gasteiger partial charge on any atom is -0.377 e. The van der Waals surface area contributed by atoms with Crippen LogP contribution in [0.3, 0.4) is 0 Å². The Labute approximate surface area is 151 Å². The van der Waals surface area contributed by atoms with Crippen LogP contribution in [0.2, 0.25) is 0 Å². The van der Waals surface area contributed by atoms with Gasteiger partial charge in [-0.2, -0.15) is 10.1 Å². The quantitative estimate of drug-likeness (QED) is 0.724. The van der Waals surface area contributed by atoms with Crippen molar-refractivity contribution in [2.75, 3.05) is 49.4 Å².